The zero-order chi connectivity index (χ0) is 13.4. The van der Waals surface area contributed by atoms with E-state index in [0.717, 1.165) is 15.6 Å². The van der Waals surface area contributed by atoms with Crippen LogP contribution in [0.5, 0.6) is 0 Å². The second kappa shape index (κ2) is 4.51. The molecule has 0 unspecified atom stereocenters. The lowest BCUT2D eigenvalue weighted by Gasteiger charge is -1.99. The number of aryl methyl sites for hydroxylation is 1. The van der Waals surface area contributed by atoms with Crippen LogP contribution in [0.25, 0.3) is 21.3 Å². The highest BCUT2D eigenvalue weighted by Gasteiger charge is 2.23. The van der Waals surface area contributed by atoms with Crippen LogP contribution in [0.1, 0.15) is 16.1 Å². The standard InChI is InChI=1S/C14H11NO3S/c1-8-12(14(16)17-2)13(15-18-8)10-7-19-11-6-4-3-5-9(10)11/h3-7H,1-2H3. The molecular weight excluding hydrogens is 262 g/mol. The van der Waals surface area contributed by atoms with Crippen LogP contribution >= 0.6 is 11.3 Å². The van der Waals surface area contributed by atoms with Crippen molar-refractivity contribution in [3.05, 3.63) is 41.0 Å². The topological polar surface area (TPSA) is 52.3 Å². The van der Waals surface area contributed by atoms with Gasteiger partial charge in [0.2, 0.25) is 0 Å². The number of esters is 1. The molecule has 2 heterocycles. The molecule has 3 rings (SSSR count). The third kappa shape index (κ3) is 1.82. The average Bonchev–Trinajstić information content (AvgIpc) is 3.01. The molecule has 0 radical (unpaired) electrons. The van der Waals surface area contributed by atoms with Crippen molar-refractivity contribution in [2.45, 2.75) is 6.92 Å². The summed E-state index contributed by atoms with van der Waals surface area (Å²) in [6, 6.07) is 7.99. The summed E-state index contributed by atoms with van der Waals surface area (Å²) in [5.74, 6) is 0.0427. The minimum atomic E-state index is -0.427. The first-order valence-corrected chi connectivity index (χ1v) is 6.61. The summed E-state index contributed by atoms with van der Waals surface area (Å²) in [4.78, 5) is 11.8. The molecule has 2 aromatic heterocycles. The van der Waals surface area contributed by atoms with Gasteiger partial charge < -0.3 is 9.26 Å². The van der Waals surface area contributed by atoms with Crippen LogP contribution in [0.2, 0.25) is 0 Å². The molecule has 0 saturated heterocycles. The number of aromatic nitrogens is 1. The van der Waals surface area contributed by atoms with Crippen molar-refractivity contribution in [1.82, 2.24) is 5.16 Å². The van der Waals surface area contributed by atoms with E-state index < -0.39 is 5.97 Å². The molecular formula is C14H11NO3S. The highest BCUT2D eigenvalue weighted by molar-refractivity contribution is 7.17. The van der Waals surface area contributed by atoms with Gasteiger partial charge in [-0.1, -0.05) is 23.4 Å². The Morgan fingerprint density at radius 2 is 2.16 bits per heavy atom. The third-order valence-electron chi connectivity index (χ3n) is 2.99. The lowest BCUT2D eigenvalue weighted by molar-refractivity contribution is 0.0599. The summed E-state index contributed by atoms with van der Waals surface area (Å²) in [5, 5.41) is 7.05. The third-order valence-corrected chi connectivity index (χ3v) is 3.95. The molecule has 0 bridgehead atoms. The zero-order valence-corrected chi connectivity index (χ0v) is 11.3. The molecule has 0 fully saturated rings. The molecule has 0 N–H and O–H groups in total. The summed E-state index contributed by atoms with van der Waals surface area (Å²) >= 11 is 1.61. The number of carbonyl (C=O) groups is 1. The summed E-state index contributed by atoms with van der Waals surface area (Å²) < 4.78 is 11.1. The van der Waals surface area contributed by atoms with E-state index in [1.165, 1.54) is 7.11 Å². The molecule has 0 atom stereocenters. The van der Waals surface area contributed by atoms with Crippen molar-refractivity contribution < 1.29 is 14.1 Å². The number of hydrogen-bond donors (Lipinski definition) is 0. The van der Waals surface area contributed by atoms with Crippen molar-refractivity contribution in [1.29, 1.82) is 0 Å². The minimum absolute atomic E-state index is 0.394. The summed E-state index contributed by atoms with van der Waals surface area (Å²) in [7, 11) is 1.35. The van der Waals surface area contributed by atoms with Crippen molar-refractivity contribution in [2.24, 2.45) is 0 Å². The van der Waals surface area contributed by atoms with Gasteiger partial charge in [0.1, 0.15) is 17.0 Å². The average molecular weight is 273 g/mol. The molecule has 96 valence electrons. The van der Waals surface area contributed by atoms with Gasteiger partial charge in [0, 0.05) is 21.0 Å². The number of nitrogens with zero attached hydrogens (tertiary/aromatic N) is 1. The number of thiophene rings is 1. The van der Waals surface area contributed by atoms with E-state index in [1.807, 2.05) is 29.6 Å². The maximum absolute atomic E-state index is 11.8. The van der Waals surface area contributed by atoms with Gasteiger partial charge in [-0.25, -0.2) is 4.79 Å². The van der Waals surface area contributed by atoms with Gasteiger partial charge in [-0.15, -0.1) is 11.3 Å². The number of fused-ring (bicyclic) bond motifs is 1. The molecule has 5 heteroatoms. The molecule has 0 spiro atoms. The lowest BCUT2D eigenvalue weighted by Crippen LogP contribution is -2.03. The predicted octanol–water partition coefficient (Wildman–Crippen LogP) is 3.65. The van der Waals surface area contributed by atoms with Gasteiger partial charge in [0.25, 0.3) is 0 Å². The van der Waals surface area contributed by atoms with Crippen LogP contribution in [-0.2, 0) is 4.74 Å². The number of hydrogen-bond acceptors (Lipinski definition) is 5. The van der Waals surface area contributed by atoms with Crippen LogP contribution in [0.15, 0.2) is 34.2 Å². The molecule has 0 aliphatic heterocycles. The number of carbonyl (C=O) groups excluding carboxylic acids is 1. The van der Waals surface area contributed by atoms with Crippen LogP contribution in [0, 0.1) is 6.92 Å². The van der Waals surface area contributed by atoms with E-state index in [1.54, 1.807) is 18.3 Å². The van der Waals surface area contributed by atoms with Crippen molar-refractivity contribution >= 4 is 27.4 Å². The largest absolute Gasteiger partial charge is 0.465 e. The second-order valence-corrected chi connectivity index (χ2v) is 5.01. The highest BCUT2D eigenvalue weighted by Crippen LogP contribution is 2.35. The fourth-order valence-corrected chi connectivity index (χ4v) is 3.01. The fourth-order valence-electron chi connectivity index (χ4n) is 2.06. The molecule has 0 aliphatic carbocycles. The van der Waals surface area contributed by atoms with Crippen LogP contribution in [0.3, 0.4) is 0 Å². The van der Waals surface area contributed by atoms with Crippen LogP contribution < -0.4 is 0 Å². The van der Waals surface area contributed by atoms with Gasteiger partial charge in [0.05, 0.1) is 7.11 Å². The quantitative estimate of drug-likeness (QED) is 0.669. The van der Waals surface area contributed by atoms with Crippen molar-refractivity contribution in [3.63, 3.8) is 0 Å². The molecule has 4 nitrogen and oxygen atoms in total. The van der Waals surface area contributed by atoms with Crippen molar-refractivity contribution in [2.75, 3.05) is 7.11 Å². The van der Waals surface area contributed by atoms with Crippen LogP contribution in [-0.4, -0.2) is 18.2 Å². The highest BCUT2D eigenvalue weighted by atomic mass is 32.1. The SMILES string of the molecule is COC(=O)c1c(-c2csc3ccccc23)noc1C. The first-order valence-electron chi connectivity index (χ1n) is 5.73. The summed E-state index contributed by atoms with van der Waals surface area (Å²) in [6.45, 7) is 1.71. The number of methoxy groups -OCH3 is 1. The Labute approximate surface area is 113 Å². The predicted molar refractivity (Wildman–Crippen MR) is 73.4 cm³/mol. The van der Waals surface area contributed by atoms with Gasteiger partial charge in [-0.2, -0.15) is 0 Å². The molecule has 1 aromatic carbocycles. The maximum atomic E-state index is 11.8. The van der Waals surface area contributed by atoms with E-state index in [0.29, 0.717) is 17.0 Å². The zero-order valence-electron chi connectivity index (χ0n) is 10.5. The van der Waals surface area contributed by atoms with Gasteiger partial charge >= 0.3 is 5.97 Å². The van der Waals surface area contributed by atoms with E-state index >= 15 is 0 Å². The molecule has 0 amide bonds. The first kappa shape index (κ1) is 11.9. The van der Waals surface area contributed by atoms with Gasteiger partial charge in [0.15, 0.2) is 0 Å². The van der Waals surface area contributed by atoms with E-state index in [2.05, 4.69) is 5.16 Å². The normalized spacial score (nSPS) is 10.8. The Kier molecular flexibility index (Phi) is 2.83. The molecule has 19 heavy (non-hydrogen) atoms. The Balaban J connectivity index is 2.25. The minimum Gasteiger partial charge on any atom is -0.465 e. The first-order chi connectivity index (χ1) is 9.22. The maximum Gasteiger partial charge on any atom is 0.343 e. The van der Waals surface area contributed by atoms with Crippen LogP contribution in [0.4, 0.5) is 0 Å². The number of rotatable bonds is 2. The Bertz CT molecular complexity index is 757. The van der Waals surface area contributed by atoms with Gasteiger partial charge in [-0.3, -0.25) is 0 Å². The number of benzene rings is 1. The molecule has 3 aromatic rings. The molecule has 0 saturated carbocycles. The van der Waals surface area contributed by atoms with E-state index in [-0.39, 0.29) is 0 Å². The smallest absolute Gasteiger partial charge is 0.343 e. The monoisotopic (exact) mass is 273 g/mol. The summed E-state index contributed by atoms with van der Waals surface area (Å²) in [5.41, 5.74) is 1.84. The van der Waals surface area contributed by atoms with E-state index in [4.69, 9.17) is 9.26 Å². The number of ether oxygens (including phenoxy) is 1. The second-order valence-electron chi connectivity index (χ2n) is 4.10. The Morgan fingerprint density at radius 3 is 2.95 bits per heavy atom. The Hall–Kier alpha value is -2.14. The Morgan fingerprint density at radius 1 is 1.37 bits per heavy atom. The molecule has 0 aliphatic rings. The van der Waals surface area contributed by atoms with E-state index in [9.17, 15) is 4.79 Å². The van der Waals surface area contributed by atoms with Gasteiger partial charge in [-0.05, 0) is 13.0 Å². The summed E-state index contributed by atoms with van der Waals surface area (Å²) in [6.07, 6.45) is 0. The van der Waals surface area contributed by atoms with Crippen molar-refractivity contribution in [3.8, 4) is 11.3 Å². The fraction of sp³-hybridized carbons (Fsp3) is 0.143. The lowest BCUT2D eigenvalue weighted by atomic mass is 10.1.